The number of hydrogen-bond acceptors (Lipinski definition) is 2. The van der Waals surface area contributed by atoms with Crippen LogP contribution >= 0.6 is 12.4 Å². The predicted molar refractivity (Wildman–Crippen MR) is 89.5 cm³/mol. The molecular formula is C18H21ClFNO. The van der Waals surface area contributed by atoms with E-state index in [0.29, 0.717) is 11.7 Å². The van der Waals surface area contributed by atoms with E-state index in [-0.39, 0.29) is 18.2 Å². The Labute approximate surface area is 137 Å². The highest BCUT2D eigenvalue weighted by Gasteiger charge is 2.13. The van der Waals surface area contributed by atoms with Gasteiger partial charge >= 0.3 is 0 Å². The lowest BCUT2D eigenvalue weighted by Crippen LogP contribution is -2.30. The first-order valence-corrected chi connectivity index (χ1v) is 7.53. The number of halogens is 2. The van der Waals surface area contributed by atoms with Crippen LogP contribution in [-0.2, 0) is 6.42 Å². The minimum Gasteiger partial charge on any atom is -0.457 e. The first kappa shape index (κ1) is 16.8. The predicted octanol–water partition coefficient (Wildman–Crippen LogP) is 4.58. The van der Waals surface area contributed by atoms with E-state index in [2.05, 4.69) is 17.4 Å². The van der Waals surface area contributed by atoms with E-state index < -0.39 is 0 Å². The van der Waals surface area contributed by atoms with E-state index in [4.69, 9.17) is 4.74 Å². The van der Waals surface area contributed by atoms with E-state index in [1.165, 1.54) is 30.5 Å². The molecule has 1 saturated heterocycles. The Morgan fingerprint density at radius 2 is 1.91 bits per heavy atom. The molecule has 0 aliphatic carbocycles. The third-order valence-electron chi connectivity index (χ3n) is 3.87. The lowest BCUT2D eigenvalue weighted by Gasteiger charge is -2.22. The van der Waals surface area contributed by atoms with Crippen molar-refractivity contribution in [2.24, 2.45) is 5.92 Å². The Hall–Kier alpha value is -1.58. The van der Waals surface area contributed by atoms with Crippen molar-refractivity contribution in [1.82, 2.24) is 5.32 Å². The summed E-state index contributed by atoms with van der Waals surface area (Å²) in [7, 11) is 0. The molecule has 1 N–H and O–H groups in total. The van der Waals surface area contributed by atoms with Crippen molar-refractivity contribution in [1.29, 1.82) is 0 Å². The molecule has 1 aliphatic rings. The summed E-state index contributed by atoms with van der Waals surface area (Å²) in [6.45, 7) is 2.24. The molecule has 3 rings (SSSR count). The molecule has 1 aliphatic heterocycles. The largest absolute Gasteiger partial charge is 0.457 e. The summed E-state index contributed by atoms with van der Waals surface area (Å²) in [6.07, 6.45) is 3.63. The molecule has 1 fully saturated rings. The molecule has 0 spiro atoms. The monoisotopic (exact) mass is 321 g/mol. The molecular weight excluding hydrogens is 301 g/mol. The first-order valence-electron chi connectivity index (χ1n) is 7.53. The Kier molecular flexibility index (Phi) is 6.22. The summed E-state index contributed by atoms with van der Waals surface area (Å²) >= 11 is 0. The smallest absolute Gasteiger partial charge is 0.127 e. The summed E-state index contributed by atoms with van der Waals surface area (Å²) in [5, 5.41) is 3.45. The molecule has 22 heavy (non-hydrogen) atoms. The Balaban J connectivity index is 0.00000176. The Morgan fingerprint density at radius 1 is 1.09 bits per heavy atom. The zero-order valence-corrected chi connectivity index (χ0v) is 13.2. The molecule has 0 amide bonds. The molecule has 2 nitrogen and oxygen atoms in total. The average Bonchev–Trinajstić information content (AvgIpc) is 2.51. The molecule has 0 saturated carbocycles. The van der Waals surface area contributed by atoms with Gasteiger partial charge in [0.15, 0.2) is 0 Å². The van der Waals surface area contributed by atoms with E-state index in [0.717, 1.165) is 25.3 Å². The second kappa shape index (κ2) is 8.16. The van der Waals surface area contributed by atoms with Gasteiger partial charge in [0.1, 0.15) is 17.3 Å². The summed E-state index contributed by atoms with van der Waals surface area (Å²) < 4.78 is 18.7. The molecule has 1 heterocycles. The first-order chi connectivity index (χ1) is 10.3. The number of hydrogen-bond donors (Lipinski definition) is 1. The van der Waals surface area contributed by atoms with Gasteiger partial charge in [-0.25, -0.2) is 4.39 Å². The zero-order valence-electron chi connectivity index (χ0n) is 12.4. The minimum atomic E-state index is -0.249. The highest BCUT2D eigenvalue weighted by Crippen LogP contribution is 2.24. The summed E-state index contributed by atoms with van der Waals surface area (Å²) in [5.41, 5.74) is 1.29. The summed E-state index contributed by atoms with van der Waals surface area (Å²) in [6, 6.07) is 14.3. The van der Waals surface area contributed by atoms with Gasteiger partial charge in [0.25, 0.3) is 0 Å². The van der Waals surface area contributed by atoms with Crippen LogP contribution in [0, 0.1) is 11.7 Å². The van der Waals surface area contributed by atoms with Crippen LogP contribution in [0.5, 0.6) is 11.5 Å². The molecule has 4 heteroatoms. The Bertz CT molecular complexity index is 582. The number of piperidine rings is 1. The van der Waals surface area contributed by atoms with E-state index in [1.54, 1.807) is 12.1 Å². The molecule has 2 aromatic carbocycles. The van der Waals surface area contributed by atoms with Crippen molar-refractivity contribution < 1.29 is 9.13 Å². The van der Waals surface area contributed by atoms with Gasteiger partial charge < -0.3 is 10.1 Å². The van der Waals surface area contributed by atoms with E-state index >= 15 is 0 Å². The summed E-state index contributed by atoms with van der Waals surface area (Å²) in [5.74, 6) is 1.93. The van der Waals surface area contributed by atoms with Crippen LogP contribution in [0.25, 0.3) is 0 Å². The maximum Gasteiger partial charge on any atom is 0.127 e. The molecule has 0 bridgehead atoms. The fourth-order valence-corrected chi connectivity index (χ4v) is 2.81. The van der Waals surface area contributed by atoms with Crippen LogP contribution in [0.2, 0.25) is 0 Å². The number of benzene rings is 2. The fourth-order valence-electron chi connectivity index (χ4n) is 2.81. The average molecular weight is 322 g/mol. The van der Waals surface area contributed by atoms with Crippen molar-refractivity contribution in [3.63, 3.8) is 0 Å². The van der Waals surface area contributed by atoms with Gasteiger partial charge in [-0.05, 0) is 80.2 Å². The molecule has 1 unspecified atom stereocenters. The SMILES string of the molecule is Cl.Fc1ccc(Oc2cccc(CC3CCCNC3)c2)cc1. The molecule has 1 atom stereocenters. The third-order valence-corrected chi connectivity index (χ3v) is 3.87. The second-order valence-electron chi connectivity index (χ2n) is 5.62. The molecule has 0 radical (unpaired) electrons. The van der Waals surface area contributed by atoms with Crippen LogP contribution in [0.4, 0.5) is 4.39 Å². The van der Waals surface area contributed by atoms with Crippen LogP contribution < -0.4 is 10.1 Å². The van der Waals surface area contributed by atoms with Gasteiger partial charge in [0, 0.05) is 0 Å². The maximum atomic E-state index is 12.9. The topological polar surface area (TPSA) is 21.3 Å². The van der Waals surface area contributed by atoms with Crippen LogP contribution in [0.15, 0.2) is 48.5 Å². The van der Waals surface area contributed by atoms with Crippen molar-refractivity contribution >= 4 is 12.4 Å². The minimum absolute atomic E-state index is 0. The van der Waals surface area contributed by atoms with Gasteiger partial charge in [0.05, 0.1) is 0 Å². The summed E-state index contributed by atoms with van der Waals surface area (Å²) in [4.78, 5) is 0. The molecule has 2 aromatic rings. The van der Waals surface area contributed by atoms with Gasteiger partial charge in [-0.1, -0.05) is 12.1 Å². The number of rotatable bonds is 4. The highest BCUT2D eigenvalue weighted by atomic mass is 35.5. The quantitative estimate of drug-likeness (QED) is 0.890. The molecule has 118 valence electrons. The van der Waals surface area contributed by atoms with Gasteiger partial charge in [-0.2, -0.15) is 0 Å². The van der Waals surface area contributed by atoms with E-state index in [1.807, 2.05) is 12.1 Å². The van der Waals surface area contributed by atoms with Crippen LogP contribution in [0.1, 0.15) is 18.4 Å². The van der Waals surface area contributed by atoms with E-state index in [9.17, 15) is 4.39 Å². The molecule has 0 aromatic heterocycles. The fraction of sp³-hybridized carbons (Fsp3) is 0.333. The second-order valence-corrected chi connectivity index (χ2v) is 5.62. The van der Waals surface area contributed by atoms with Gasteiger partial charge in [-0.15, -0.1) is 12.4 Å². The lowest BCUT2D eigenvalue weighted by atomic mass is 9.92. The van der Waals surface area contributed by atoms with Gasteiger partial charge in [0.2, 0.25) is 0 Å². The van der Waals surface area contributed by atoms with Crippen molar-refractivity contribution in [3.05, 3.63) is 59.9 Å². The standard InChI is InChI=1S/C18H20FNO.ClH/c19-16-6-8-17(9-7-16)21-18-5-1-3-14(12-18)11-15-4-2-10-20-13-15;/h1,3,5-9,12,15,20H,2,4,10-11,13H2;1H. The van der Waals surface area contributed by atoms with Crippen molar-refractivity contribution in [2.75, 3.05) is 13.1 Å². The Morgan fingerprint density at radius 3 is 2.64 bits per heavy atom. The third kappa shape index (κ3) is 4.72. The highest BCUT2D eigenvalue weighted by molar-refractivity contribution is 5.85. The lowest BCUT2D eigenvalue weighted by molar-refractivity contribution is 0.375. The number of ether oxygens (including phenoxy) is 1. The van der Waals surface area contributed by atoms with Gasteiger partial charge in [-0.3, -0.25) is 0 Å². The van der Waals surface area contributed by atoms with Crippen molar-refractivity contribution in [3.8, 4) is 11.5 Å². The number of nitrogens with one attached hydrogen (secondary N) is 1. The van der Waals surface area contributed by atoms with Crippen molar-refractivity contribution in [2.45, 2.75) is 19.3 Å². The normalized spacial score (nSPS) is 17.6. The zero-order chi connectivity index (χ0) is 14.5. The maximum absolute atomic E-state index is 12.9. The van der Waals surface area contributed by atoms with Crippen LogP contribution in [0.3, 0.4) is 0 Å². The van der Waals surface area contributed by atoms with Crippen LogP contribution in [-0.4, -0.2) is 13.1 Å².